The van der Waals surface area contributed by atoms with E-state index in [1.54, 1.807) is 0 Å². The molecule has 0 aliphatic rings. The number of carbonyl (C=O) groups is 1. The maximum absolute atomic E-state index is 11.3. The molecular formula is C12H26N2O2. The molecule has 0 aliphatic heterocycles. The van der Waals surface area contributed by atoms with E-state index in [2.05, 4.69) is 38.2 Å². The molecule has 16 heavy (non-hydrogen) atoms. The average Bonchev–Trinajstić information content (AvgIpc) is 2.23. The molecule has 0 heterocycles. The molecule has 0 radical (unpaired) electrons. The number of carbonyl (C=O) groups excluding carboxylic acids is 1. The summed E-state index contributed by atoms with van der Waals surface area (Å²) < 4.78 is 4.72. The quantitative estimate of drug-likeness (QED) is 0.694. The summed E-state index contributed by atoms with van der Waals surface area (Å²) >= 11 is 0. The number of nitrogens with zero attached hydrogens (tertiary/aromatic N) is 1. The molecule has 1 N–H and O–H groups in total. The molecule has 0 amide bonds. The van der Waals surface area contributed by atoms with Gasteiger partial charge in [-0.3, -0.25) is 4.79 Å². The lowest BCUT2D eigenvalue weighted by molar-refractivity contribution is -0.145. The second-order valence-electron chi connectivity index (χ2n) is 5.19. The first kappa shape index (κ1) is 15.4. The standard InChI is InChI=1S/C12H26N2O2/c1-9(11(15)16-7)10(2)13-8-12(3,4)14(5)6/h9-10,13H,8H2,1-7H3. The third-order valence-corrected chi connectivity index (χ3v) is 3.39. The van der Waals surface area contributed by atoms with Crippen LogP contribution in [0.1, 0.15) is 27.7 Å². The third kappa shape index (κ3) is 4.49. The number of likely N-dealkylation sites (N-methyl/N-ethyl adjacent to an activating group) is 1. The lowest BCUT2D eigenvalue weighted by Crippen LogP contribution is -2.50. The number of methoxy groups -OCH3 is 1. The van der Waals surface area contributed by atoms with Gasteiger partial charge < -0.3 is 15.0 Å². The molecule has 0 spiro atoms. The van der Waals surface area contributed by atoms with E-state index in [1.807, 2.05) is 13.8 Å². The van der Waals surface area contributed by atoms with Crippen LogP contribution in [-0.4, -0.2) is 50.2 Å². The molecule has 0 saturated heterocycles. The lowest BCUT2D eigenvalue weighted by atomic mass is 10.0. The van der Waals surface area contributed by atoms with Gasteiger partial charge in [0.1, 0.15) is 0 Å². The minimum atomic E-state index is -0.164. The van der Waals surface area contributed by atoms with Gasteiger partial charge in [0, 0.05) is 18.1 Å². The summed E-state index contributed by atoms with van der Waals surface area (Å²) in [5.74, 6) is -0.286. The highest BCUT2D eigenvalue weighted by Gasteiger charge is 2.25. The Hall–Kier alpha value is -0.610. The molecule has 4 heteroatoms. The van der Waals surface area contributed by atoms with Crippen molar-refractivity contribution in [1.82, 2.24) is 10.2 Å². The van der Waals surface area contributed by atoms with Gasteiger partial charge in [0.05, 0.1) is 13.0 Å². The Bertz CT molecular complexity index is 227. The molecule has 0 bridgehead atoms. The fraction of sp³-hybridized carbons (Fsp3) is 0.917. The van der Waals surface area contributed by atoms with Gasteiger partial charge in [0.15, 0.2) is 0 Å². The highest BCUT2D eigenvalue weighted by atomic mass is 16.5. The van der Waals surface area contributed by atoms with Crippen LogP contribution in [0.2, 0.25) is 0 Å². The van der Waals surface area contributed by atoms with E-state index in [0.717, 1.165) is 6.54 Å². The third-order valence-electron chi connectivity index (χ3n) is 3.39. The molecular weight excluding hydrogens is 204 g/mol. The summed E-state index contributed by atoms with van der Waals surface area (Å²) in [6.45, 7) is 9.05. The van der Waals surface area contributed by atoms with Gasteiger partial charge in [-0.05, 0) is 34.9 Å². The van der Waals surface area contributed by atoms with Gasteiger partial charge in [0.2, 0.25) is 0 Å². The summed E-state index contributed by atoms with van der Waals surface area (Å²) in [6.07, 6.45) is 0. The Balaban J connectivity index is 4.16. The minimum absolute atomic E-state index is 0.0735. The van der Waals surface area contributed by atoms with E-state index in [-0.39, 0.29) is 23.5 Å². The van der Waals surface area contributed by atoms with Gasteiger partial charge in [-0.15, -0.1) is 0 Å². The van der Waals surface area contributed by atoms with Gasteiger partial charge in [-0.25, -0.2) is 0 Å². The van der Waals surface area contributed by atoms with E-state index < -0.39 is 0 Å². The number of ether oxygens (including phenoxy) is 1. The molecule has 4 nitrogen and oxygen atoms in total. The number of nitrogens with one attached hydrogen (secondary N) is 1. The van der Waals surface area contributed by atoms with Crippen LogP contribution in [0.5, 0.6) is 0 Å². The average molecular weight is 230 g/mol. The Morgan fingerprint density at radius 3 is 2.25 bits per heavy atom. The van der Waals surface area contributed by atoms with Crippen molar-refractivity contribution in [3.8, 4) is 0 Å². The topological polar surface area (TPSA) is 41.6 Å². The van der Waals surface area contributed by atoms with Crippen LogP contribution in [-0.2, 0) is 9.53 Å². The predicted molar refractivity (Wildman–Crippen MR) is 66.4 cm³/mol. The van der Waals surface area contributed by atoms with Crippen molar-refractivity contribution in [1.29, 1.82) is 0 Å². The van der Waals surface area contributed by atoms with Crippen LogP contribution in [0.15, 0.2) is 0 Å². The monoisotopic (exact) mass is 230 g/mol. The minimum Gasteiger partial charge on any atom is -0.469 e. The second-order valence-corrected chi connectivity index (χ2v) is 5.19. The van der Waals surface area contributed by atoms with Gasteiger partial charge >= 0.3 is 5.97 Å². The van der Waals surface area contributed by atoms with E-state index in [9.17, 15) is 4.79 Å². The molecule has 0 aliphatic carbocycles. The maximum atomic E-state index is 11.3. The molecule has 0 aromatic heterocycles. The van der Waals surface area contributed by atoms with Crippen LogP contribution in [0, 0.1) is 5.92 Å². The van der Waals surface area contributed by atoms with E-state index in [0.29, 0.717) is 0 Å². The molecule has 0 saturated carbocycles. The van der Waals surface area contributed by atoms with Crippen molar-refractivity contribution in [2.24, 2.45) is 5.92 Å². The van der Waals surface area contributed by atoms with Gasteiger partial charge in [-0.2, -0.15) is 0 Å². The molecule has 0 aromatic carbocycles. The van der Waals surface area contributed by atoms with Crippen molar-refractivity contribution < 1.29 is 9.53 Å². The smallest absolute Gasteiger partial charge is 0.309 e. The fourth-order valence-electron chi connectivity index (χ4n) is 1.14. The normalized spacial score (nSPS) is 16.0. The summed E-state index contributed by atoms with van der Waals surface area (Å²) in [4.78, 5) is 13.5. The molecule has 96 valence electrons. The second kappa shape index (κ2) is 6.21. The zero-order valence-electron chi connectivity index (χ0n) is 11.6. The molecule has 2 atom stereocenters. The van der Waals surface area contributed by atoms with Crippen molar-refractivity contribution in [2.75, 3.05) is 27.7 Å². The first-order valence-electron chi connectivity index (χ1n) is 5.71. The zero-order valence-corrected chi connectivity index (χ0v) is 11.6. The van der Waals surface area contributed by atoms with E-state index in [4.69, 9.17) is 4.74 Å². The van der Waals surface area contributed by atoms with Crippen molar-refractivity contribution in [3.63, 3.8) is 0 Å². The number of esters is 1. The Morgan fingerprint density at radius 2 is 1.88 bits per heavy atom. The van der Waals surface area contributed by atoms with Gasteiger partial charge in [-0.1, -0.05) is 6.92 Å². The first-order chi connectivity index (χ1) is 7.22. The van der Waals surface area contributed by atoms with Crippen LogP contribution in [0.3, 0.4) is 0 Å². The van der Waals surface area contributed by atoms with E-state index in [1.165, 1.54) is 7.11 Å². The van der Waals surface area contributed by atoms with Gasteiger partial charge in [0.25, 0.3) is 0 Å². The number of hydrogen-bond donors (Lipinski definition) is 1. The fourth-order valence-corrected chi connectivity index (χ4v) is 1.14. The molecule has 0 aromatic rings. The zero-order chi connectivity index (χ0) is 12.9. The first-order valence-corrected chi connectivity index (χ1v) is 5.71. The predicted octanol–water partition coefficient (Wildman–Crippen LogP) is 1.11. The number of hydrogen-bond acceptors (Lipinski definition) is 4. The Labute approximate surface area is 99.3 Å². The summed E-state index contributed by atoms with van der Waals surface area (Å²) in [7, 11) is 5.53. The summed E-state index contributed by atoms with van der Waals surface area (Å²) in [5.41, 5.74) is 0.0735. The number of rotatable bonds is 6. The highest BCUT2D eigenvalue weighted by Crippen LogP contribution is 2.10. The summed E-state index contributed by atoms with van der Waals surface area (Å²) in [5, 5.41) is 3.38. The Morgan fingerprint density at radius 1 is 1.38 bits per heavy atom. The Kier molecular flexibility index (Phi) is 5.97. The van der Waals surface area contributed by atoms with Crippen LogP contribution >= 0.6 is 0 Å². The summed E-state index contributed by atoms with van der Waals surface area (Å²) in [6, 6.07) is 0.117. The molecule has 0 rings (SSSR count). The highest BCUT2D eigenvalue weighted by molar-refractivity contribution is 5.72. The lowest BCUT2D eigenvalue weighted by Gasteiger charge is -2.34. The van der Waals surface area contributed by atoms with Crippen molar-refractivity contribution in [3.05, 3.63) is 0 Å². The van der Waals surface area contributed by atoms with Crippen LogP contribution < -0.4 is 5.32 Å². The van der Waals surface area contributed by atoms with Crippen LogP contribution in [0.4, 0.5) is 0 Å². The largest absolute Gasteiger partial charge is 0.469 e. The van der Waals surface area contributed by atoms with E-state index >= 15 is 0 Å². The van der Waals surface area contributed by atoms with Crippen LogP contribution in [0.25, 0.3) is 0 Å². The maximum Gasteiger partial charge on any atom is 0.309 e. The molecule has 0 fully saturated rings. The van der Waals surface area contributed by atoms with Crippen molar-refractivity contribution >= 4 is 5.97 Å². The van der Waals surface area contributed by atoms with Crippen molar-refractivity contribution in [2.45, 2.75) is 39.3 Å². The molecule has 2 unspecified atom stereocenters. The SMILES string of the molecule is COC(=O)C(C)C(C)NCC(C)(C)N(C)C.